The van der Waals surface area contributed by atoms with Crippen LogP contribution < -0.4 is 23.7 Å². The van der Waals surface area contributed by atoms with Crippen molar-refractivity contribution in [2.24, 2.45) is 0 Å². The summed E-state index contributed by atoms with van der Waals surface area (Å²) in [5, 5.41) is 2.17. The van der Waals surface area contributed by atoms with Gasteiger partial charge in [-0.1, -0.05) is 241 Å². The molecule has 5 aromatic heterocycles. The second-order valence-corrected chi connectivity index (χ2v) is 41.9. The van der Waals surface area contributed by atoms with Crippen LogP contribution in [0.25, 0.3) is 88.0 Å². The van der Waals surface area contributed by atoms with Crippen LogP contribution in [0.2, 0.25) is 0 Å². The summed E-state index contributed by atoms with van der Waals surface area (Å²) in [6, 6.07) is 49.0. The Morgan fingerprint density at radius 2 is 0.576 bits per heavy atom. The van der Waals surface area contributed by atoms with E-state index in [1.54, 1.807) is 11.3 Å². The van der Waals surface area contributed by atoms with Gasteiger partial charge in [-0.2, -0.15) is 11.3 Å². The minimum Gasteiger partial charge on any atom is -0.494 e. The molecule has 6 aromatic carbocycles. The predicted molar refractivity (Wildman–Crippen MR) is 555 cm³/mol. The SMILES string of the molecule is C.CCCCCCCCc1cc(Br)sc1-c1ccc(-c2sc(Br)cc2CCCCCCCC)c2nc(-c3ccc(OCCCCCC)cc3)c(-c3ccc(OCCCCCC)cc3)nc12.CCCCCCCCc1ccsc1B1OC(C)(C)C(C)(C)O1.CCCCCCOc1ccc(-c2nc3c(Br)ccc(Br)c3nc2-c2ccc(OCCCCCC)cc2)cc1. The number of hydrogen-bond donors (Lipinski definition) is 0. The monoisotopic (exact) mass is 2000 g/mol. The summed E-state index contributed by atoms with van der Waals surface area (Å²) in [4.78, 5) is 24.3. The van der Waals surface area contributed by atoms with Crippen LogP contribution in [-0.2, 0) is 28.6 Å². The van der Waals surface area contributed by atoms with E-state index in [0.29, 0.717) is 0 Å². The first-order valence-corrected chi connectivity index (χ1v) is 53.0. The Hall–Kier alpha value is -5.80. The first-order valence-electron chi connectivity index (χ1n) is 47.3. The molecule has 0 spiro atoms. The second kappa shape index (κ2) is 55.4. The summed E-state index contributed by atoms with van der Waals surface area (Å²) in [6.07, 6.45) is 45.6. The molecule has 0 aliphatic carbocycles. The molecule has 0 radical (unpaired) electrons. The molecule has 1 saturated heterocycles. The highest BCUT2D eigenvalue weighted by atomic mass is 79.9. The van der Waals surface area contributed by atoms with Crippen molar-refractivity contribution in [1.29, 1.82) is 0 Å². The summed E-state index contributed by atoms with van der Waals surface area (Å²) < 4.78 is 42.2. The molecule has 676 valence electrons. The maximum Gasteiger partial charge on any atom is 0.505 e. The van der Waals surface area contributed by atoms with Crippen molar-refractivity contribution < 1.29 is 28.3 Å². The van der Waals surface area contributed by atoms with Crippen molar-refractivity contribution in [3.8, 4) is 88.9 Å². The lowest BCUT2D eigenvalue weighted by Crippen LogP contribution is -2.41. The van der Waals surface area contributed by atoms with E-state index in [4.69, 9.17) is 48.2 Å². The average molecular weight is 2010 g/mol. The van der Waals surface area contributed by atoms with Gasteiger partial charge in [0.25, 0.3) is 0 Å². The van der Waals surface area contributed by atoms with E-state index < -0.39 is 0 Å². The molecule has 1 fully saturated rings. The fourth-order valence-electron chi connectivity index (χ4n) is 15.7. The number of ether oxygens (including phenoxy) is 4. The Balaban J connectivity index is 0.000000243. The minimum atomic E-state index is -0.251. The van der Waals surface area contributed by atoms with Crippen LogP contribution in [0, 0.1) is 0 Å². The van der Waals surface area contributed by atoms with Crippen molar-refractivity contribution in [3.05, 3.63) is 178 Å². The average Bonchev–Trinajstić information content (AvgIpc) is 1.72. The number of aromatic nitrogens is 4. The highest BCUT2D eigenvalue weighted by Crippen LogP contribution is 2.48. The molecule has 10 nitrogen and oxygen atoms in total. The molecule has 0 bridgehead atoms. The number of halogens is 4. The van der Waals surface area contributed by atoms with Gasteiger partial charge in [0, 0.05) is 56.9 Å². The topological polar surface area (TPSA) is 107 Å². The Morgan fingerprint density at radius 3 is 0.872 bits per heavy atom. The molecule has 12 rings (SSSR count). The van der Waals surface area contributed by atoms with Gasteiger partial charge in [-0.3, -0.25) is 0 Å². The van der Waals surface area contributed by atoms with Crippen molar-refractivity contribution in [2.45, 2.75) is 332 Å². The minimum absolute atomic E-state index is 0. The second-order valence-electron chi connectivity index (χ2n) is 34.4. The lowest BCUT2D eigenvalue weighted by atomic mass is 9.83. The van der Waals surface area contributed by atoms with Gasteiger partial charge in [-0.05, 0) is 305 Å². The van der Waals surface area contributed by atoms with E-state index in [9.17, 15) is 0 Å². The molecule has 0 atom stereocenters. The van der Waals surface area contributed by atoms with Gasteiger partial charge >= 0.3 is 7.12 Å². The van der Waals surface area contributed by atoms with E-state index >= 15 is 0 Å². The molecule has 18 heteroatoms. The van der Waals surface area contributed by atoms with Gasteiger partial charge in [0.2, 0.25) is 0 Å². The van der Waals surface area contributed by atoms with E-state index in [2.05, 4.69) is 248 Å². The van der Waals surface area contributed by atoms with Crippen LogP contribution in [0.15, 0.2) is 161 Å². The number of benzene rings is 6. The zero-order valence-corrected chi connectivity index (χ0v) is 85.2. The van der Waals surface area contributed by atoms with Crippen molar-refractivity contribution >= 4 is 132 Å². The highest BCUT2D eigenvalue weighted by Gasteiger charge is 2.52. The first-order chi connectivity index (χ1) is 60.4. The van der Waals surface area contributed by atoms with Gasteiger partial charge in [-0.15, -0.1) is 22.7 Å². The van der Waals surface area contributed by atoms with E-state index in [0.717, 1.165) is 189 Å². The van der Waals surface area contributed by atoms with Gasteiger partial charge < -0.3 is 28.3 Å². The standard InChI is InChI=1S/C56H72Br2N2O2S2.C32H36Br2N2O2.C18H31BO2S.CH4/c1-5-9-13-17-19-21-25-43-39-49(57)63-55(43)47-35-36-48(56-44(40-50(58)64-56)26-22-20-18-14-10-6-2)54-53(47)59-51(41-27-31-45(32-28-41)61-37-23-15-11-7-3)52(60-54)42-29-33-46(34-30-42)62-38-24-16-12-8-4;1-3-5-7-9-21-37-25-15-11-23(12-16-25)29-30(36-32-28(34)20-19-27(33)31(32)35-29)24-13-17-26(18-14-24)38-22-10-8-6-4-2;1-6-7-8-9-10-11-12-15-13-14-22-16(15)19-20-17(2,3)18(4,5)21-19;/h27-36,39-40H,5-26,37-38H2,1-4H3;11-20H,3-10,21-22H2,1-2H3;13-14H,6-12H2,1-5H3;1H4. The predicted octanol–water partition coefficient (Wildman–Crippen LogP) is 35.7. The summed E-state index contributed by atoms with van der Waals surface area (Å²) in [6.45, 7) is 27.2. The fourth-order valence-corrected chi connectivity index (χ4v) is 20.9. The Bertz CT molecular complexity index is 4660. The lowest BCUT2D eigenvalue weighted by molar-refractivity contribution is 0.00578. The summed E-state index contributed by atoms with van der Waals surface area (Å²) in [5.74, 6) is 3.54. The number of nitrogens with zero attached hydrogens (tertiary/aromatic N) is 4. The third-order valence-electron chi connectivity index (χ3n) is 23.8. The number of thiophene rings is 3. The third-order valence-corrected chi connectivity index (χ3v) is 29.5. The number of hydrogen-bond acceptors (Lipinski definition) is 13. The van der Waals surface area contributed by atoms with E-state index in [1.807, 2.05) is 59.1 Å². The van der Waals surface area contributed by atoms with E-state index in [1.165, 1.54) is 224 Å². The molecule has 1 aliphatic heterocycles. The molecule has 0 amide bonds. The molecule has 0 unspecified atom stereocenters. The quantitative estimate of drug-likeness (QED) is 0.0270. The molecule has 125 heavy (non-hydrogen) atoms. The Kier molecular flexibility index (Phi) is 45.6. The van der Waals surface area contributed by atoms with Gasteiger partial charge in [0.05, 0.1) is 79.0 Å². The number of aryl methyl sites for hydroxylation is 3. The smallest absolute Gasteiger partial charge is 0.494 e. The van der Waals surface area contributed by atoms with Crippen LogP contribution in [0.1, 0.15) is 319 Å². The fraction of sp³-hybridized carbons (Fsp3) is 0.514. The molecular weight excluding hydrogens is 1860 g/mol. The summed E-state index contributed by atoms with van der Waals surface area (Å²) >= 11 is 20.6. The maximum atomic E-state index is 6.22. The van der Waals surface area contributed by atoms with Crippen LogP contribution in [0.4, 0.5) is 0 Å². The van der Waals surface area contributed by atoms with Crippen LogP contribution >= 0.6 is 97.7 Å². The summed E-state index contributed by atoms with van der Waals surface area (Å²) in [5.41, 5.74) is 17.0. The number of unbranched alkanes of at least 4 members (excludes halogenated alkanes) is 27. The van der Waals surface area contributed by atoms with Crippen LogP contribution in [0.3, 0.4) is 0 Å². The molecule has 11 aromatic rings. The van der Waals surface area contributed by atoms with Crippen molar-refractivity contribution in [3.63, 3.8) is 0 Å². The molecule has 6 heterocycles. The maximum absolute atomic E-state index is 6.22. The van der Waals surface area contributed by atoms with Crippen LogP contribution in [-0.4, -0.2) is 64.7 Å². The lowest BCUT2D eigenvalue weighted by Gasteiger charge is -2.32. The Labute approximate surface area is 798 Å². The molecule has 0 N–H and O–H groups in total. The van der Waals surface area contributed by atoms with E-state index in [-0.39, 0.29) is 25.7 Å². The number of fused-ring (bicyclic) bond motifs is 2. The molecule has 0 saturated carbocycles. The first kappa shape index (κ1) is 103. The largest absolute Gasteiger partial charge is 0.505 e. The zero-order valence-electron chi connectivity index (χ0n) is 76.4. The van der Waals surface area contributed by atoms with Gasteiger partial charge in [0.1, 0.15) is 34.0 Å². The van der Waals surface area contributed by atoms with Gasteiger partial charge in [-0.25, -0.2) is 19.9 Å². The molecule has 1 aliphatic rings. The third kappa shape index (κ3) is 31.5. The van der Waals surface area contributed by atoms with Crippen LogP contribution in [0.5, 0.6) is 23.0 Å². The van der Waals surface area contributed by atoms with Crippen molar-refractivity contribution in [2.75, 3.05) is 26.4 Å². The molecular formula is C107H143BBr4N4O6S3. The summed E-state index contributed by atoms with van der Waals surface area (Å²) in [7, 11) is -0.194. The zero-order chi connectivity index (χ0) is 87.9. The highest BCUT2D eigenvalue weighted by molar-refractivity contribution is 9.11. The van der Waals surface area contributed by atoms with Crippen molar-refractivity contribution in [1.82, 2.24) is 19.9 Å². The van der Waals surface area contributed by atoms with Gasteiger partial charge in [0.15, 0.2) is 0 Å². The Morgan fingerprint density at radius 1 is 0.312 bits per heavy atom. The normalized spacial score (nSPS) is 12.8. The number of rotatable bonds is 52.